The van der Waals surface area contributed by atoms with E-state index in [1.807, 2.05) is 24.3 Å². The van der Waals surface area contributed by atoms with E-state index in [-0.39, 0.29) is 0 Å². The molecule has 0 atom stereocenters. The van der Waals surface area contributed by atoms with E-state index >= 15 is 0 Å². The Hall–Kier alpha value is -8.45. The minimum Gasteiger partial charge on any atom is -0.497 e. The maximum Gasteiger partial charge on any atom is 0.118 e. The van der Waals surface area contributed by atoms with E-state index < -0.39 is 0 Å². The fourth-order valence-corrected chi connectivity index (χ4v) is 10.1. The van der Waals surface area contributed by atoms with Gasteiger partial charge in [0.15, 0.2) is 0 Å². The summed E-state index contributed by atoms with van der Waals surface area (Å²) in [5.74, 6) is 7.69. The number of ether oxygens (including phenoxy) is 1. The monoisotopic (exact) mass is 881 g/mol. The highest BCUT2D eigenvalue weighted by Gasteiger charge is 2.28. The molecule has 0 saturated carbocycles. The third-order valence-electron chi connectivity index (χ3n) is 12.6. The lowest BCUT2D eigenvalue weighted by atomic mass is 9.93. The molecule has 2 aliphatic rings. The van der Waals surface area contributed by atoms with E-state index in [2.05, 4.69) is 192 Å². The van der Waals surface area contributed by atoms with E-state index in [1.165, 1.54) is 0 Å². The first kappa shape index (κ1) is 43.4. The fourth-order valence-electron chi connectivity index (χ4n) is 10.1. The molecule has 6 nitrogen and oxygen atoms in total. The second kappa shape index (κ2) is 17.4. The quantitative estimate of drug-likeness (QED) is 0.169. The number of aryl methyl sites for hydroxylation is 8. The summed E-state index contributed by atoms with van der Waals surface area (Å²) in [6, 6.07) is 45.3. The zero-order valence-corrected chi connectivity index (χ0v) is 40.0. The normalized spacial score (nSPS) is 11.9. The SMILES string of the molecule is COc1ccc(C#CC2=C(C#N)c3nc2c(-c2cc(C)cc(C)c2)c2ccc([nH]2)c(-c2cc(C)cc(C)c2)c2nc(c(-c4cc(C)cc(C)c4)c4ccc([nH]4)c3-c3cc(C)cc(C)c3)C=C2)cc1. The van der Waals surface area contributed by atoms with Gasteiger partial charge in [-0.25, -0.2) is 9.97 Å². The number of hydrogen-bond donors (Lipinski definition) is 2. The zero-order valence-electron chi connectivity index (χ0n) is 40.0. The van der Waals surface area contributed by atoms with Crippen molar-refractivity contribution in [2.75, 3.05) is 7.11 Å². The van der Waals surface area contributed by atoms with Gasteiger partial charge in [-0.15, -0.1) is 0 Å². The number of rotatable bonds is 5. The lowest BCUT2D eigenvalue weighted by Gasteiger charge is -2.10. The van der Waals surface area contributed by atoms with Gasteiger partial charge >= 0.3 is 0 Å². The van der Waals surface area contributed by atoms with Crippen molar-refractivity contribution in [3.8, 4) is 68.2 Å². The van der Waals surface area contributed by atoms with Crippen LogP contribution in [0.1, 0.15) is 72.8 Å². The van der Waals surface area contributed by atoms with Gasteiger partial charge in [0, 0.05) is 49.9 Å². The number of aromatic nitrogens is 4. The molecule has 8 aromatic rings. The standard InChI is InChI=1S/C62H51N5O/c1-35-22-36(2)27-44(26-35)57-51-16-17-52(64-51)58(45-28-37(3)23-38(4)29-45)54-19-21-56(66-54)60(47-32-41(7)25-42(8)33-47)62-50(34-63)49(15-12-43-10-13-48(68-9)14-11-43)61(67-62)59(55-20-18-53(57)65-55)46-30-39(5)24-40(6)31-46/h10-11,13-14,16-33,65-66H,1-9H3. The van der Waals surface area contributed by atoms with Gasteiger partial charge in [0.2, 0.25) is 0 Å². The van der Waals surface area contributed by atoms with Crippen LogP contribution in [-0.2, 0) is 0 Å². The molecule has 2 aliphatic heterocycles. The van der Waals surface area contributed by atoms with Crippen molar-refractivity contribution < 1.29 is 4.74 Å². The first-order chi connectivity index (χ1) is 32.8. The Bertz CT molecular complexity index is 3680. The highest BCUT2D eigenvalue weighted by atomic mass is 16.5. The number of nitriles is 1. The van der Waals surface area contributed by atoms with Crippen LogP contribution in [0.2, 0.25) is 0 Å². The summed E-state index contributed by atoms with van der Waals surface area (Å²) in [6.45, 7) is 17.0. The van der Waals surface area contributed by atoms with Gasteiger partial charge in [-0.3, -0.25) is 0 Å². The van der Waals surface area contributed by atoms with Crippen molar-refractivity contribution in [1.29, 1.82) is 5.26 Å². The Balaban J connectivity index is 1.46. The Kier molecular flexibility index (Phi) is 11.1. The molecular formula is C62H51N5O. The summed E-state index contributed by atoms with van der Waals surface area (Å²) >= 11 is 0. The Morgan fingerprint density at radius 1 is 0.412 bits per heavy atom. The molecule has 0 aliphatic carbocycles. The van der Waals surface area contributed by atoms with Gasteiger partial charge in [0.05, 0.1) is 41.0 Å². The average molecular weight is 882 g/mol. The smallest absolute Gasteiger partial charge is 0.118 e. The summed E-state index contributed by atoms with van der Waals surface area (Å²) < 4.78 is 5.48. The summed E-state index contributed by atoms with van der Waals surface area (Å²) in [5.41, 5.74) is 24.7. The molecule has 0 amide bonds. The average Bonchev–Trinajstić information content (AvgIpc) is 4.11. The molecule has 2 N–H and O–H groups in total. The highest BCUT2D eigenvalue weighted by Crippen LogP contribution is 2.44. The maximum absolute atomic E-state index is 11.6. The summed E-state index contributed by atoms with van der Waals surface area (Å²) in [4.78, 5) is 19.0. The molecule has 0 spiro atoms. The number of nitrogens with zero attached hydrogens (tertiary/aromatic N) is 3. The number of H-pyrrole nitrogens is 2. The second-order valence-electron chi connectivity index (χ2n) is 18.4. The van der Waals surface area contributed by atoms with Crippen LogP contribution in [-0.4, -0.2) is 27.0 Å². The lowest BCUT2D eigenvalue weighted by molar-refractivity contribution is 0.415. The number of methoxy groups -OCH3 is 1. The molecule has 5 aromatic carbocycles. The highest BCUT2D eigenvalue weighted by molar-refractivity contribution is 6.12. The molecule has 10 rings (SSSR count). The zero-order chi connectivity index (χ0) is 47.4. The van der Waals surface area contributed by atoms with E-state index in [0.29, 0.717) is 22.5 Å². The summed E-state index contributed by atoms with van der Waals surface area (Å²) in [6.07, 6.45) is 4.28. The van der Waals surface area contributed by atoms with Crippen LogP contribution >= 0.6 is 0 Å². The van der Waals surface area contributed by atoms with Gasteiger partial charge in [-0.1, -0.05) is 129 Å². The van der Waals surface area contributed by atoms with Gasteiger partial charge in [-0.05, 0) is 138 Å². The molecule has 8 bridgehead atoms. The van der Waals surface area contributed by atoms with E-state index in [0.717, 1.165) is 134 Å². The van der Waals surface area contributed by atoms with Gasteiger partial charge in [0.1, 0.15) is 11.8 Å². The number of nitrogens with one attached hydrogen (secondary N) is 2. The molecule has 6 heteroatoms. The topological polar surface area (TPSA) is 90.4 Å². The predicted molar refractivity (Wildman–Crippen MR) is 282 cm³/mol. The lowest BCUT2D eigenvalue weighted by Crippen LogP contribution is -1.92. The third kappa shape index (κ3) is 8.23. The number of fused-ring (bicyclic) bond motifs is 8. The number of aromatic amines is 2. The maximum atomic E-state index is 11.6. The first-order valence-corrected chi connectivity index (χ1v) is 23.0. The first-order valence-electron chi connectivity index (χ1n) is 23.0. The van der Waals surface area contributed by atoms with Crippen LogP contribution in [0, 0.1) is 78.6 Å². The molecular weight excluding hydrogens is 831 g/mol. The van der Waals surface area contributed by atoms with E-state index in [4.69, 9.17) is 14.7 Å². The van der Waals surface area contributed by atoms with Gasteiger partial charge in [-0.2, -0.15) is 5.26 Å². The predicted octanol–water partition coefficient (Wildman–Crippen LogP) is 15.1. The summed E-state index contributed by atoms with van der Waals surface area (Å²) in [7, 11) is 1.65. The minimum atomic E-state index is 0.396. The van der Waals surface area contributed by atoms with E-state index in [1.54, 1.807) is 7.11 Å². The molecule has 0 saturated heterocycles. The molecule has 0 radical (unpaired) electrons. The van der Waals surface area contributed by atoms with Crippen molar-refractivity contribution in [1.82, 2.24) is 19.9 Å². The second-order valence-corrected chi connectivity index (χ2v) is 18.4. The fraction of sp³-hybridized carbons (Fsp3) is 0.145. The van der Waals surface area contributed by atoms with Crippen LogP contribution in [0.25, 0.3) is 89.9 Å². The van der Waals surface area contributed by atoms with Crippen molar-refractivity contribution >= 4 is 45.4 Å². The Morgan fingerprint density at radius 2 is 0.765 bits per heavy atom. The Labute approximate surface area is 398 Å². The van der Waals surface area contributed by atoms with Crippen molar-refractivity contribution in [3.63, 3.8) is 0 Å². The molecule has 0 unspecified atom stereocenters. The molecule has 3 aromatic heterocycles. The summed E-state index contributed by atoms with van der Waals surface area (Å²) in [5, 5.41) is 11.6. The van der Waals surface area contributed by atoms with Crippen LogP contribution in [0.15, 0.2) is 121 Å². The van der Waals surface area contributed by atoms with Crippen LogP contribution in [0.4, 0.5) is 0 Å². The Morgan fingerprint density at radius 3 is 1.13 bits per heavy atom. The van der Waals surface area contributed by atoms with Crippen LogP contribution in [0.5, 0.6) is 5.75 Å². The van der Waals surface area contributed by atoms with Gasteiger partial charge in [0.25, 0.3) is 0 Å². The van der Waals surface area contributed by atoms with Crippen molar-refractivity contribution in [2.24, 2.45) is 0 Å². The third-order valence-corrected chi connectivity index (χ3v) is 12.6. The number of hydrogen-bond acceptors (Lipinski definition) is 4. The molecule has 330 valence electrons. The van der Waals surface area contributed by atoms with Crippen molar-refractivity contribution in [2.45, 2.75) is 55.4 Å². The van der Waals surface area contributed by atoms with Crippen LogP contribution in [0.3, 0.4) is 0 Å². The van der Waals surface area contributed by atoms with Crippen molar-refractivity contribution in [3.05, 3.63) is 194 Å². The van der Waals surface area contributed by atoms with Gasteiger partial charge < -0.3 is 14.7 Å². The molecule has 68 heavy (non-hydrogen) atoms. The molecule has 0 fully saturated rings. The number of allylic oxidation sites excluding steroid dienone is 2. The minimum absolute atomic E-state index is 0.396. The number of benzene rings is 5. The van der Waals surface area contributed by atoms with E-state index in [9.17, 15) is 5.26 Å². The van der Waals surface area contributed by atoms with Crippen LogP contribution < -0.4 is 4.74 Å². The largest absolute Gasteiger partial charge is 0.497 e. The molecule has 5 heterocycles.